The van der Waals surface area contributed by atoms with E-state index < -0.39 is 0 Å². The van der Waals surface area contributed by atoms with Crippen molar-refractivity contribution < 1.29 is 4.74 Å². The summed E-state index contributed by atoms with van der Waals surface area (Å²) in [7, 11) is 0. The molecule has 84 valence electrons. The van der Waals surface area contributed by atoms with Crippen molar-refractivity contribution in [1.29, 1.82) is 0 Å². The molecule has 1 spiro atoms. The van der Waals surface area contributed by atoms with Crippen molar-refractivity contribution in [3.63, 3.8) is 0 Å². The van der Waals surface area contributed by atoms with E-state index in [9.17, 15) is 0 Å². The van der Waals surface area contributed by atoms with Gasteiger partial charge in [0.2, 0.25) is 0 Å². The maximum absolute atomic E-state index is 6.09. The van der Waals surface area contributed by atoms with Gasteiger partial charge in [0, 0.05) is 6.54 Å². The molecule has 1 atom stereocenters. The lowest BCUT2D eigenvalue weighted by molar-refractivity contribution is -0.0470. The maximum Gasteiger partial charge on any atom is 0.0705 e. The number of hydrogen-bond acceptors (Lipinski definition) is 2. The second-order valence-electron chi connectivity index (χ2n) is 4.61. The first-order valence-corrected chi connectivity index (χ1v) is 5.73. The number of nitrogens with two attached hydrogens (primary N) is 1. The lowest BCUT2D eigenvalue weighted by Crippen LogP contribution is -2.30. The molecule has 2 N–H and O–H groups in total. The highest BCUT2D eigenvalue weighted by Gasteiger charge is 2.39. The Morgan fingerprint density at radius 1 is 1.07 bits per heavy atom. The van der Waals surface area contributed by atoms with E-state index >= 15 is 0 Å². The zero-order valence-electron chi connectivity index (χ0n) is 8.84. The molecule has 1 saturated carbocycles. The van der Waals surface area contributed by atoms with Crippen LogP contribution < -0.4 is 5.73 Å². The topological polar surface area (TPSA) is 35.2 Å². The molecule has 1 heterocycles. The van der Waals surface area contributed by atoms with Crippen LogP contribution in [0.3, 0.4) is 0 Å². The average molecular weight is 220 g/mol. The van der Waals surface area contributed by atoms with E-state index in [-0.39, 0.29) is 18.0 Å². The molecule has 2 fully saturated rings. The number of hydrogen-bond donors (Lipinski definition) is 1. The lowest BCUT2D eigenvalue weighted by atomic mass is 9.91. The van der Waals surface area contributed by atoms with E-state index in [0.29, 0.717) is 12.6 Å². The van der Waals surface area contributed by atoms with Gasteiger partial charge in [0.05, 0.1) is 11.7 Å². The minimum absolute atomic E-state index is 0. The Labute approximate surface area is 93.0 Å². The van der Waals surface area contributed by atoms with Gasteiger partial charge < -0.3 is 10.5 Å². The number of ether oxygens (including phenoxy) is 1. The van der Waals surface area contributed by atoms with Crippen LogP contribution in [0, 0.1) is 0 Å². The molecule has 1 aliphatic carbocycles. The molecule has 1 saturated heterocycles. The van der Waals surface area contributed by atoms with Crippen molar-refractivity contribution in [2.75, 3.05) is 6.54 Å². The smallest absolute Gasteiger partial charge is 0.0705 e. The molecular formula is C11H22ClNO. The highest BCUT2D eigenvalue weighted by molar-refractivity contribution is 5.85. The Morgan fingerprint density at radius 2 is 1.71 bits per heavy atom. The van der Waals surface area contributed by atoms with Gasteiger partial charge in [-0.25, -0.2) is 0 Å². The second kappa shape index (κ2) is 5.34. The Hall–Kier alpha value is 0.210. The Bertz CT molecular complexity index is 167. The molecule has 0 radical (unpaired) electrons. The van der Waals surface area contributed by atoms with Gasteiger partial charge in [0.25, 0.3) is 0 Å². The number of halogens is 1. The first kappa shape index (κ1) is 12.3. The summed E-state index contributed by atoms with van der Waals surface area (Å²) in [6, 6.07) is 0. The molecule has 2 rings (SSSR count). The van der Waals surface area contributed by atoms with Crippen molar-refractivity contribution >= 4 is 12.4 Å². The summed E-state index contributed by atoms with van der Waals surface area (Å²) >= 11 is 0. The standard InChI is InChI=1S/C11H21NO.ClH/c12-9-10-5-8-11(13-10)6-3-1-2-4-7-11;/h10H,1-9,12H2;1H. The van der Waals surface area contributed by atoms with Crippen molar-refractivity contribution in [1.82, 2.24) is 0 Å². The molecule has 0 aromatic rings. The van der Waals surface area contributed by atoms with Crippen molar-refractivity contribution in [3.8, 4) is 0 Å². The molecular weight excluding hydrogens is 198 g/mol. The highest BCUT2D eigenvalue weighted by Crippen LogP contribution is 2.40. The summed E-state index contributed by atoms with van der Waals surface area (Å²) in [4.78, 5) is 0. The minimum atomic E-state index is 0. The van der Waals surface area contributed by atoms with Crippen LogP contribution >= 0.6 is 12.4 Å². The third-order valence-electron chi connectivity index (χ3n) is 3.62. The minimum Gasteiger partial charge on any atom is -0.370 e. The van der Waals surface area contributed by atoms with Gasteiger partial charge in [-0.05, 0) is 25.7 Å². The Morgan fingerprint density at radius 3 is 2.21 bits per heavy atom. The lowest BCUT2D eigenvalue weighted by Gasteiger charge is -2.27. The predicted molar refractivity (Wildman–Crippen MR) is 60.8 cm³/mol. The summed E-state index contributed by atoms with van der Waals surface area (Å²) < 4.78 is 6.09. The second-order valence-corrected chi connectivity index (χ2v) is 4.61. The molecule has 2 nitrogen and oxygen atoms in total. The van der Waals surface area contributed by atoms with E-state index in [1.807, 2.05) is 0 Å². The van der Waals surface area contributed by atoms with Gasteiger partial charge in [-0.2, -0.15) is 0 Å². The van der Waals surface area contributed by atoms with E-state index in [2.05, 4.69) is 0 Å². The zero-order chi connectivity index (χ0) is 9.15. The SMILES string of the molecule is Cl.NCC1CCC2(CCCCCC2)O1. The van der Waals surface area contributed by atoms with E-state index in [1.165, 1.54) is 51.4 Å². The predicted octanol–water partition coefficient (Wildman–Crippen LogP) is 2.64. The molecule has 0 bridgehead atoms. The zero-order valence-corrected chi connectivity index (χ0v) is 9.65. The monoisotopic (exact) mass is 219 g/mol. The molecule has 1 aliphatic heterocycles. The molecule has 3 heteroatoms. The largest absolute Gasteiger partial charge is 0.370 e. The molecule has 1 unspecified atom stereocenters. The molecule has 2 aliphatic rings. The van der Waals surface area contributed by atoms with Crippen LogP contribution in [0.15, 0.2) is 0 Å². The molecule has 0 aromatic carbocycles. The van der Waals surface area contributed by atoms with Crippen LogP contribution in [0.2, 0.25) is 0 Å². The number of rotatable bonds is 1. The summed E-state index contributed by atoms with van der Waals surface area (Å²) in [5, 5.41) is 0. The fourth-order valence-electron chi connectivity index (χ4n) is 2.80. The maximum atomic E-state index is 6.09. The summed E-state index contributed by atoms with van der Waals surface area (Å²) in [5.41, 5.74) is 5.89. The fourth-order valence-corrected chi connectivity index (χ4v) is 2.80. The fraction of sp³-hybridized carbons (Fsp3) is 1.00. The third-order valence-corrected chi connectivity index (χ3v) is 3.62. The van der Waals surface area contributed by atoms with E-state index in [4.69, 9.17) is 10.5 Å². The van der Waals surface area contributed by atoms with Crippen LogP contribution in [-0.2, 0) is 4.74 Å². The van der Waals surface area contributed by atoms with Gasteiger partial charge in [-0.15, -0.1) is 12.4 Å². The summed E-state index contributed by atoms with van der Waals surface area (Å²) in [6.45, 7) is 0.710. The Kier molecular flexibility index (Phi) is 4.68. The van der Waals surface area contributed by atoms with Gasteiger partial charge >= 0.3 is 0 Å². The summed E-state index contributed by atoms with van der Waals surface area (Å²) in [5.74, 6) is 0. The normalized spacial score (nSPS) is 31.1. The van der Waals surface area contributed by atoms with Crippen LogP contribution in [0.5, 0.6) is 0 Å². The van der Waals surface area contributed by atoms with Gasteiger partial charge in [0.15, 0.2) is 0 Å². The van der Waals surface area contributed by atoms with Crippen molar-refractivity contribution in [2.24, 2.45) is 5.73 Å². The summed E-state index contributed by atoms with van der Waals surface area (Å²) in [6.07, 6.45) is 10.9. The first-order valence-electron chi connectivity index (χ1n) is 5.73. The average Bonchev–Trinajstić information content (AvgIpc) is 2.40. The quantitative estimate of drug-likeness (QED) is 0.736. The van der Waals surface area contributed by atoms with E-state index in [0.717, 1.165) is 0 Å². The van der Waals surface area contributed by atoms with Crippen LogP contribution in [-0.4, -0.2) is 18.2 Å². The molecule has 0 aromatic heterocycles. The third kappa shape index (κ3) is 2.62. The highest BCUT2D eigenvalue weighted by atomic mass is 35.5. The Balaban J connectivity index is 0.000000980. The van der Waals surface area contributed by atoms with Crippen molar-refractivity contribution in [2.45, 2.75) is 63.1 Å². The molecule has 14 heavy (non-hydrogen) atoms. The van der Waals surface area contributed by atoms with Crippen LogP contribution in [0.4, 0.5) is 0 Å². The van der Waals surface area contributed by atoms with Gasteiger partial charge in [-0.3, -0.25) is 0 Å². The van der Waals surface area contributed by atoms with Crippen molar-refractivity contribution in [3.05, 3.63) is 0 Å². The van der Waals surface area contributed by atoms with Gasteiger partial charge in [-0.1, -0.05) is 25.7 Å². The van der Waals surface area contributed by atoms with Crippen LogP contribution in [0.25, 0.3) is 0 Å². The van der Waals surface area contributed by atoms with Crippen LogP contribution in [0.1, 0.15) is 51.4 Å². The van der Waals surface area contributed by atoms with Gasteiger partial charge in [0.1, 0.15) is 0 Å². The molecule has 0 amide bonds. The van der Waals surface area contributed by atoms with E-state index in [1.54, 1.807) is 0 Å². The first-order chi connectivity index (χ1) is 6.35.